The van der Waals surface area contributed by atoms with Crippen LogP contribution in [0.5, 0.6) is 0 Å². The van der Waals surface area contributed by atoms with E-state index in [1.54, 1.807) is 6.20 Å². The van der Waals surface area contributed by atoms with Crippen molar-refractivity contribution in [3.05, 3.63) is 34.2 Å². The maximum atomic E-state index is 5.63. The van der Waals surface area contributed by atoms with E-state index in [1.165, 1.54) is 0 Å². The van der Waals surface area contributed by atoms with E-state index in [4.69, 9.17) is 11.6 Å². The molecule has 0 bridgehead atoms. The number of fused-ring (bicyclic) bond motifs is 1. The third kappa shape index (κ3) is 1.42. The lowest BCUT2D eigenvalue weighted by Gasteiger charge is -1.96. The molecule has 1 heterocycles. The highest BCUT2D eigenvalue weighted by atomic mass is 79.9. The predicted molar refractivity (Wildman–Crippen MR) is 52.2 cm³/mol. The molecule has 12 heavy (non-hydrogen) atoms. The normalized spacial score (nSPS) is 10.5. The summed E-state index contributed by atoms with van der Waals surface area (Å²) in [5.74, 6) is 0. The molecule has 0 amide bonds. The van der Waals surface area contributed by atoms with Crippen LogP contribution in [0, 0.1) is 0 Å². The van der Waals surface area contributed by atoms with E-state index in [2.05, 4.69) is 25.9 Å². The van der Waals surface area contributed by atoms with Gasteiger partial charge in [0.1, 0.15) is 0 Å². The topological polar surface area (TPSA) is 25.8 Å². The van der Waals surface area contributed by atoms with Crippen LogP contribution in [0.25, 0.3) is 10.9 Å². The smallest absolute Gasteiger partial charge is 0.222 e. The van der Waals surface area contributed by atoms with Crippen LogP contribution in [0.15, 0.2) is 28.9 Å². The number of hydrogen-bond donors (Lipinski definition) is 0. The Morgan fingerprint density at radius 3 is 3.00 bits per heavy atom. The van der Waals surface area contributed by atoms with Crippen molar-refractivity contribution in [2.45, 2.75) is 0 Å². The summed E-state index contributed by atoms with van der Waals surface area (Å²) >= 11 is 8.99. The number of halogens is 2. The third-order valence-electron chi connectivity index (χ3n) is 1.52. The Bertz CT molecular complexity index is 394. The van der Waals surface area contributed by atoms with Gasteiger partial charge in [0.15, 0.2) is 0 Å². The second kappa shape index (κ2) is 2.99. The molecule has 0 radical (unpaired) electrons. The standard InChI is InChI=1S/C8H4BrClN2/c9-6-2-1-5-4-11-8(10)12-7(5)3-6/h1-4H. The molecule has 2 nitrogen and oxygen atoms in total. The van der Waals surface area contributed by atoms with Crippen molar-refractivity contribution in [1.29, 1.82) is 0 Å². The molecular formula is C8H4BrClN2. The van der Waals surface area contributed by atoms with E-state index < -0.39 is 0 Å². The summed E-state index contributed by atoms with van der Waals surface area (Å²) in [7, 11) is 0. The summed E-state index contributed by atoms with van der Waals surface area (Å²) in [6.07, 6.45) is 1.71. The number of aromatic nitrogens is 2. The number of rotatable bonds is 0. The van der Waals surface area contributed by atoms with Crippen molar-refractivity contribution < 1.29 is 0 Å². The number of nitrogens with zero attached hydrogens (tertiary/aromatic N) is 2. The van der Waals surface area contributed by atoms with Gasteiger partial charge in [0.2, 0.25) is 5.28 Å². The van der Waals surface area contributed by atoms with Crippen molar-refractivity contribution in [3.8, 4) is 0 Å². The van der Waals surface area contributed by atoms with Gasteiger partial charge in [-0.2, -0.15) is 0 Å². The fraction of sp³-hybridized carbons (Fsp3) is 0. The summed E-state index contributed by atoms with van der Waals surface area (Å²) in [5, 5.41) is 1.27. The van der Waals surface area contributed by atoms with Crippen LogP contribution in [-0.2, 0) is 0 Å². The molecule has 0 saturated heterocycles. The molecule has 0 aliphatic heterocycles. The van der Waals surface area contributed by atoms with Gasteiger partial charge in [-0.3, -0.25) is 0 Å². The third-order valence-corrected chi connectivity index (χ3v) is 2.19. The maximum Gasteiger partial charge on any atom is 0.222 e. The quantitative estimate of drug-likeness (QED) is 0.665. The fourth-order valence-corrected chi connectivity index (χ4v) is 1.46. The first kappa shape index (κ1) is 7.95. The molecule has 2 rings (SSSR count). The highest BCUT2D eigenvalue weighted by Crippen LogP contribution is 2.18. The van der Waals surface area contributed by atoms with Crippen LogP contribution in [-0.4, -0.2) is 9.97 Å². The Morgan fingerprint density at radius 1 is 1.33 bits per heavy atom. The van der Waals surface area contributed by atoms with E-state index in [0.717, 1.165) is 15.4 Å². The van der Waals surface area contributed by atoms with Crippen molar-refractivity contribution in [3.63, 3.8) is 0 Å². The highest BCUT2D eigenvalue weighted by molar-refractivity contribution is 9.10. The van der Waals surface area contributed by atoms with Gasteiger partial charge in [-0.25, -0.2) is 9.97 Å². The molecule has 2 aromatic rings. The minimum atomic E-state index is 0.278. The largest absolute Gasteiger partial charge is 0.226 e. The lowest BCUT2D eigenvalue weighted by atomic mass is 10.2. The first-order valence-electron chi connectivity index (χ1n) is 3.33. The Hall–Kier alpha value is -0.670. The molecule has 0 unspecified atom stereocenters. The van der Waals surface area contributed by atoms with Crippen LogP contribution < -0.4 is 0 Å². The lowest BCUT2D eigenvalue weighted by molar-refractivity contribution is 1.22. The van der Waals surface area contributed by atoms with E-state index in [-0.39, 0.29) is 5.28 Å². The highest BCUT2D eigenvalue weighted by Gasteiger charge is 1.97. The Balaban J connectivity index is 2.80. The average Bonchev–Trinajstić information content (AvgIpc) is 2.03. The van der Waals surface area contributed by atoms with E-state index >= 15 is 0 Å². The van der Waals surface area contributed by atoms with Gasteiger partial charge in [0.05, 0.1) is 5.52 Å². The molecular weight excluding hydrogens is 239 g/mol. The van der Waals surface area contributed by atoms with Crippen molar-refractivity contribution in [2.24, 2.45) is 0 Å². The summed E-state index contributed by atoms with van der Waals surface area (Å²) in [4.78, 5) is 7.94. The monoisotopic (exact) mass is 242 g/mol. The SMILES string of the molecule is Clc1ncc2ccc(Br)cc2n1. The molecule has 0 fully saturated rings. The summed E-state index contributed by atoms with van der Waals surface area (Å²) in [6.45, 7) is 0. The minimum Gasteiger partial charge on any atom is -0.226 e. The molecule has 0 atom stereocenters. The zero-order chi connectivity index (χ0) is 8.55. The fourth-order valence-electron chi connectivity index (χ4n) is 0.974. The van der Waals surface area contributed by atoms with Gasteiger partial charge in [-0.1, -0.05) is 22.0 Å². The van der Waals surface area contributed by atoms with Crippen LogP contribution in [0.2, 0.25) is 5.28 Å². The Labute approximate surface area is 82.7 Å². The number of hydrogen-bond acceptors (Lipinski definition) is 2. The van der Waals surface area contributed by atoms with Crippen molar-refractivity contribution in [1.82, 2.24) is 9.97 Å². The molecule has 1 aromatic carbocycles. The average molecular weight is 243 g/mol. The zero-order valence-electron chi connectivity index (χ0n) is 5.96. The van der Waals surface area contributed by atoms with Gasteiger partial charge in [-0.05, 0) is 23.7 Å². The van der Waals surface area contributed by atoms with E-state index in [0.29, 0.717) is 0 Å². The van der Waals surface area contributed by atoms with E-state index in [9.17, 15) is 0 Å². The molecule has 0 saturated carbocycles. The van der Waals surface area contributed by atoms with Crippen LogP contribution in [0.4, 0.5) is 0 Å². The summed E-state index contributed by atoms with van der Waals surface area (Å²) in [6, 6.07) is 5.79. The minimum absolute atomic E-state index is 0.278. The van der Waals surface area contributed by atoms with Gasteiger partial charge >= 0.3 is 0 Å². The molecule has 4 heteroatoms. The van der Waals surface area contributed by atoms with Crippen molar-refractivity contribution in [2.75, 3.05) is 0 Å². The molecule has 1 aromatic heterocycles. The van der Waals surface area contributed by atoms with Crippen LogP contribution in [0.1, 0.15) is 0 Å². The molecule has 0 aliphatic rings. The maximum absolute atomic E-state index is 5.63. The Kier molecular flexibility index (Phi) is 1.98. The Morgan fingerprint density at radius 2 is 2.17 bits per heavy atom. The van der Waals surface area contributed by atoms with Gasteiger partial charge in [0.25, 0.3) is 0 Å². The number of benzene rings is 1. The molecule has 0 aliphatic carbocycles. The molecule has 0 spiro atoms. The summed E-state index contributed by atoms with van der Waals surface area (Å²) < 4.78 is 0.991. The lowest BCUT2D eigenvalue weighted by Crippen LogP contribution is -1.82. The van der Waals surface area contributed by atoms with Gasteiger partial charge in [-0.15, -0.1) is 0 Å². The van der Waals surface area contributed by atoms with Gasteiger partial charge in [0, 0.05) is 16.1 Å². The molecule has 0 N–H and O–H groups in total. The van der Waals surface area contributed by atoms with Crippen molar-refractivity contribution >= 4 is 38.4 Å². The summed E-state index contributed by atoms with van der Waals surface area (Å²) in [5.41, 5.74) is 0.851. The second-order valence-electron chi connectivity index (χ2n) is 2.34. The van der Waals surface area contributed by atoms with Crippen LogP contribution in [0.3, 0.4) is 0 Å². The molecule has 60 valence electrons. The first-order chi connectivity index (χ1) is 5.75. The first-order valence-corrected chi connectivity index (χ1v) is 4.50. The zero-order valence-corrected chi connectivity index (χ0v) is 8.30. The predicted octanol–water partition coefficient (Wildman–Crippen LogP) is 3.05. The second-order valence-corrected chi connectivity index (χ2v) is 3.60. The van der Waals surface area contributed by atoms with Gasteiger partial charge < -0.3 is 0 Å². The van der Waals surface area contributed by atoms with E-state index in [1.807, 2.05) is 18.2 Å². The van der Waals surface area contributed by atoms with Crippen LogP contribution >= 0.6 is 27.5 Å².